The monoisotopic (exact) mass is 492 g/mol. The van der Waals surface area contributed by atoms with Gasteiger partial charge in [0.05, 0.1) is 16.8 Å². The van der Waals surface area contributed by atoms with Crippen LogP contribution in [0, 0.1) is 0 Å². The van der Waals surface area contributed by atoms with E-state index < -0.39 is 23.5 Å². The second kappa shape index (κ2) is 9.65. The number of nitrogens with two attached hydrogens (primary N) is 1. The fraction of sp³-hybridized carbons (Fsp3) is 0.231. The van der Waals surface area contributed by atoms with Crippen molar-refractivity contribution in [1.29, 1.82) is 0 Å². The molecule has 0 amide bonds. The van der Waals surface area contributed by atoms with Crippen LogP contribution in [0.4, 0.5) is 26.3 Å². The minimum absolute atomic E-state index is 0.179. The van der Waals surface area contributed by atoms with Crippen LogP contribution in [-0.4, -0.2) is 11.5 Å². The molecule has 0 saturated heterocycles. The number of halogens is 6. The fourth-order valence-corrected chi connectivity index (χ4v) is 4.09. The molecule has 4 rings (SSSR count). The fourth-order valence-electron chi connectivity index (χ4n) is 4.09. The van der Waals surface area contributed by atoms with Crippen molar-refractivity contribution in [3.8, 4) is 22.8 Å². The van der Waals surface area contributed by atoms with Crippen molar-refractivity contribution in [2.24, 2.45) is 5.73 Å². The summed E-state index contributed by atoms with van der Waals surface area (Å²) in [4.78, 5) is 2.85. The molecule has 0 bridgehead atoms. The average Bonchev–Trinajstić information content (AvgIpc) is 3.17. The summed E-state index contributed by atoms with van der Waals surface area (Å²) in [6.07, 6.45) is -8.71. The molecule has 184 valence electrons. The standard InChI is InChI=1S/C26H22F6N2O/c27-25(28,29)16-14-20(26(30,31)32)23-19(11-6-7-13-33)24(34-21(23)15-16)18-10-4-5-12-22(18)35-17-8-2-1-3-9-17/h1-5,8-10,12,14-15,34H,6-7,11,13,33H2. The number of H-pyrrole nitrogens is 1. The zero-order chi connectivity index (χ0) is 25.2. The van der Waals surface area contributed by atoms with Gasteiger partial charge >= 0.3 is 12.4 Å². The van der Waals surface area contributed by atoms with E-state index in [9.17, 15) is 26.3 Å². The van der Waals surface area contributed by atoms with Crippen molar-refractivity contribution >= 4 is 10.9 Å². The summed E-state index contributed by atoms with van der Waals surface area (Å²) in [5, 5.41) is -0.271. The number of unbranched alkanes of at least 4 members (excludes halogenated alkanes) is 1. The molecule has 0 unspecified atom stereocenters. The number of nitrogens with one attached hydrogen (secondary N) is 1. The summed E-state index contributed by atoms with van der Waals surface area (Å²) in [5.74, 6) is 0.867. The summed E-state index contributed by atoms with van der Waals surface area (Å²) < 4.78 is 88.4. The molecule has 0 radical (unpaired) electrons. The maximum absolute atomic E-state index is 14.0. The van der Waals surface area contributed by atoms with Crippen molar-refractivity contribution < 1.29 is 31.1 Å². The predicted molar refractivity (Wildman–Crippen MR) is 122 cm³/mol. The molecule has 1 aromatic heterocycles. The number of aryl methyl sites for hydroxylation is 1. The van der Waals surface area contributed by atoms with Crippen LogP contribution in [0.1, 0.15) is 29.5 Å². The molecule has 9 heteroatoms. The Morgan fingerprint density at radius 1 is 0.800 bits per heavy atom. The van der Waals surface area contributed by atoms with Gasteiger partial charge in [-0.15, -0.1) is 0 Å². The number of alkyl halides is 6. The second-order valence-corrected chi connectivity index (χ2v) is 8.08. The first kappa shape index (κ1) is 24.7. The first-order valence-corrected chi connectivity index (χ1v) is 10.9. The molecule has 0 aliphatic heterocycles. The highest BCUT2D eigenvalue weighted by atomic mass is 19.4. The number of benzene rings is 3. The molecule has 3 N–H and O–H groups in total. The lowest BCUT2D eigenvalue weighted by molar-refractivity contribution is -0.142. The van der Waals surface area contributed by atoms with Crippen molar-refractivity contribution in [2.45, 2.75) is 31.6 Å². The quantitative estimate of drug-likeness (QED) is 0.203. The Kier molecular flexibility index (Phi) is 6.80. The van der Waals surface area contributed by atoms with Crippen LogP contribution in [0.15, 0.2) is 66.7 Å². The zero-order valence-corrected chi connectivity index (χ0v) is 18.4. The van der Waals surface area contributed by atoms with E-state index in [0.717, 1.165) is 6.07 Å². The lowest BCUT2D eigenvalue weighted by atomic mass is 9.95. The third-order valence-corrected chi connectivity index (χ3v) is 5.64. The van der Waals surface area contributed by atoms with Crippen LogP contribution in [0.25, 0.3) is 22.2 Å². The van der Waals surface area contributed by atoms with Gasteiger partial charge in [0.25, 0.3) is 0 Å². The predicted octanol–water partition coefficient (Wildman–Crippen LogP) is 7.95. The van der Waals surface area contributed by atoms with Gasteiger partial charge in [-0.25, -0.2) is 0 Å². The maximum Gasteiger partial charge on any atom is 0.417 e. The van der Waals surface area contributed by atoms with Crippen molar-refractivity contribution in [3.05, 3.63) is 83.4 Å². The van der Waals surface area contributed by atoms with E-state index in [1.165, 1.54) is 0 Å². The highest BCUT2D eigenvalue weighted by molar-refractivity contribution is 5.95. The first-order valence-electron chi connectivity index (χ1n) is 10.9. The maximum atomic E-state index is 14.0. The van der Waals surface area contributed by atoms with Crippen LogP contribution in [-0.2, 0) is 18.8 Å². The van der Waals surface area contributed by atoms with E-state index in [1.54, 1.807) is 48.5 Å². The molecule has 0 atom stereocenters. The number of hydrogen-bond acceptors (Lipinski definition) is 2. The van der Waals surface area contributed by atoms with E-state index >= 15 is 0 Å². The molecular formula is C26H22F6N2O. The van der Waals surface area contributed by atoms with Crippen molar-refractivity contribution in [2.75, 3.05) is 6.54 Å². The van der Waals surface area contributed by atoms with Crippen LogP contribution in [0.2, 0.25) is 0 Å². The number of para-hydroxylation sites is 2. The summed E-state index contributed by atoms with van der Waals surface area (Å²) in [7, 11) is 0. The van der Waals surface area contributed by atoms with E-state index in [2.05, 4.69) is 4.98 Å². The Morgan fingerprint density at radius 2 is 1.49 bits per heavy atom. The Morgan fingerprint density at radius 3 is 2.14 bits per heavy atom. The number of aromatic amines is 1. The lowest BCUT2D eigenvalue weighted by Gasteiger charge is -2.15. The SMILES string of the molecule is NCCCCc1c(-c2ccccc2Oc2ccccc2)[nH]c2cc(C(F)(F)F)cc(C(F)(F)F)c12. The Bertz CT molecular complexity index is 1310. The Labute approximate surface area is 197 Å². The van der Waals surface area contributed by atoms with Gasteiger partial charge in [0.2, 0.25) is 0 Å². The molecule has 4 aromatic rings. The van der Waals surface area contributed by atoms with Crippen LogP contribution in [0.5, 0.6) is 11.5 Å². The summed E-state index contributed by atoms with van der Waals surface area (Å²) >= 11 is 0. The average molecular weight is 492 g/mol. The molecule has 0 aliphatic rings. The van der Waals surface area contributed by atoms with Gasteiger partial charge in [-0.2, -0.15) is 26.3 Å². The lowest BCUT2D eigenvalue weighted by Crippen LogP contribution is -2.11. The van der Waals surface area contributed by atoms with Crippen LogP contribution >= 0.6 is 0 Å². The smallest absolute Gasteiger partial charge is 0.417 e. The summed E-state index contributed by atoms with van der Waals surface area (Å²) in [6, 6.07) is 16.4. The van der Waals surface area contributed by atoms with Crippen molar-refractivity contribution in [3.63, 3.8) is 0 Å². The third-order valence-electron chi connectivity index (χ3n) is 5.64. The summed E-state index contributed by atoms with van der Waals surface area (Å²) in [5.41, 5.74) is 3.65. The van der Waals surface area contributed by atoms with Gasteiger partial charge in [-0.05, 0) is 67.8 Å². The third kappa shape index (κ3) is 5.30. The molecule has 3 nitrogen and oxygen atoms in total. The Hall–Kier alpha value is -3.46. The molecule has 3 aromatic carbocycles. The number of hydrogen-bond donors (Lipinski definition) is 2. The molecule has 35 heavy (non-hydrogen) atoms. The zero-order valence-electron chi connectivity index (χ0n) is 18.4. The molecule has 1 heterocycles. The van der Waals surface area contributed by atoms with E-state index in [1.807, 2.05) is 6.07 Å². The van der Waals surface area contributed by atoms with E-state index in [0.29, 0.717) is 36.4 Å². The molecular weight excluding hydrogens is 470 g/mol. The number of aromatic nitrogens is 1. The number of fused-ring (bicyclic) bond motifs is 1. The largest absolute Gasteiger partial charge is 0.457 e. The molecule has 0 saturated carbocycles. The van der Waals surface area contributed by atoms with Gasteiger partial charge in [0, 0.05) is 16.5 Å². The van der Waals surface area contributed by atoms with E-state index in [-0.39, 0.29) is 34.6 Å². The van der Waals surface area contributed by atoms with Crippen molar-refractivity contribution in [1.82, 2.24) is 4.98 Å². The highest BCUT2D eigenvalue weighted by Crippen LogP contribution is 2.45. The van der Waals surface area contributed by atoms with Crippen LogP contribution in [0.3, 0.4) is 0 Å². The van der Waals surface area contributed by atoms with Gasteiger partial charge in [0.1, 0.15) is 11.5 Å². The number of ether oxygens (including phenoxy) is 1. The summed E-state index contributed by atoms with van der Waals surface area (Å²) in [6.45, 7) is 0.343. The minimum Gasteiger partial charge on any atom is -0.457 e. The normalized spacial score (nSPS) is 12.3. The molecule has 0 fully saturated rings. The van der Waals surface area contributed by atoms with Gasteiger partial charge < -0.3 is 15.5 Å². The van der Waals surface area contributed by atoms with Gasteiger partial charge in [-0.3, -0.25) is 0 Å². The first-order chi connectivity index (χ1) is 16.6. The Balaban J connectivity index is 1.97. The van der Waals surface area contributed by atoms with Crippen LogP contribution < -0.4 is 10.5 Å². The molecule has 0 aliphatic carbocycles. The second-order valence-electron chi connectivity index (χ2n) is 8.08. The minimum atomic E-state index is -4.98. The van der Waals surface area contributed by atoms with Gasteiger partial charge in [0.15, 0.2) is 0 Å². The van der Waals surface area contributed by atoms with E-state index in [4.69, 9.17) is 10.5 Å². The van der Waals surface area contributed by atoms with Gasteiger partial charge in [-0.1, -0.05) is 30.3 Å². The highest BCUT2D eigenvalue weighted by Gasteiger charge is 2.39. The number of rotatable bonds is 7. The molecule has 0 spiro atoms. The topological polar surface area (TPSA) is 51.0 Å².